The Morgan fingerprint density at radius 1 is 1.37 bits per heavy atom. The first kappa shape index (κ1) is 11.9. The molecule has 1 aliphatic rings. The molecule has 1 N–H and O–H groups in total. The number of rotatable bonds is 1. The lowest BCUT2D eigenvalue weighted by molar-refractivity contribution is 0.485. The second-order valence-corrected chi connectivity index (χ2v) is 4.83. The van der Waals surface area contributed by atoms with Crippen molar-refractivity contribution in [2.45, 2.75) is 13.0 Å². The van der Waals surface area contributed by atoms with E-state index in [4.69, 9.17) is 0 Å². The molecule has 0 radical (unpaired) electrons. The van der Waals surface area contributed by atoms with Gasteiger partial charge in [-0.15, -0.1) is 10.2 Å². The number of benzene rings is 1. The third-order valence-corrected chi connectivity index (χ3v) is 3.43. The van der Waals surface area contributed by atoms with Gasteiger partial charge in [0.2, 0.25) is 0 Å². The number of nitriles is 1. The van der Waals surface area contributed by atoms with Crippen molar-refractivity contribution in [2.24, 2.45) is 0 Å². The minimum Gasteiger partial charge on any atom is -0.366 e. The third-order valence-electron chi connectivity index (χ3n) is 3.43. The van der Waals surface area contributed by atoms with Gasteiger partial charge in [0.15, 0.2) is 5.69 Å². The van der Waals surface area contributed by atoms with Gasteiger partial charge in [-0.2, -0.15) is 5.26 Å². The SMILES string of the molecule is CC1CN(c2c(C#N)nnc3ccccc23)CCN1. The van der Waals surface area contributed by atoms with Gasteiger partial charge in [-0.3, -0.25) is 0 Å². The van der Waals surface area contributed by atoms with E-state index in [0.29, 0.717) is 11.7 Å². The highest BCUT2D eigenvalue weighted by molar-refractivity contribution is 5.93. The lowest BCUT2D eigenvalue weighted by atomic mass is 10.1. The molecular weight excluding hydrogens is 238 g/mol. The Kier molecular flexibility index (Phi) is 3.02. The van der Waals surface area contributed by atoms with Gasteiger partial charge in [0.05, 0.1) is 11.2 Å². The molecular formula is C14H15N5. The van der Waals surface area contributed by atoms with Crippen molar-refractivity contribution >= 4 is 16.6 Å². The number of nitrogens with zero attached hydrogens (tertiary/aromatic N) is 4. The normalized spacial score (nSPS) is 19.4. The van der Waals surface area contributed by atoms with E-state index in [-0.39, 0.29) is 0 Å². The molecule has 0 amide bonds. The largest absolute Gasteiger partial charge is 0.366 e. The predicted octanol–water partition coefficient (Wildman–Crippen LogP) is 1.30. The fourth-order valence-electron chi connectivity index (χ4n) is 2.57. The molecule has 0 spiro atoms. The van der Waals surface area contributed by atoms with E-state index in [1.807, 2.05) is 24.3 Å². The minimum absolute atomic E-state index is 0.409. The molecule has 1 saturated heterocycles. The molecule has 1 aliphatic heterocycles. The van der Waals surface area contributed by atoms with Crippen molar-refractivity contribution in [3.63, 3.8) is 0 Å². The Morgan fingerprint density at radius 2 is 2.21 bits per heavy atom. The summed E-state index contributed by atoms with van der Waals surface area (Å²) < 4.78 is 0. The number of hydrogen-bond donors (Lipinski definition) is 1. The first-order valence-electron chi connectivity index (χ1n) is 6.43. The lowest BCUT2D eigenvalue weighted by Gasteiger charge is -2.34. The van der Waals surface area contributed by atoms with Gasteiger partial charge in [0.1, 0.15) is 6.07 Å². The van der Waals surface area contributed by atoms with Crippen LogP contribution in [0.15, 0.2) is 24.3 Å². The highest BCUT2D eigenvalue weighted by Crippen LogP contribution is 2.28. The molecule has 0 saturated carbocycles. The zero-order valence-corrected chi connectivity index (χ0v) is 10.8. The van der Waals surface area contributed by atoms with E-state index in [2.05, 4.69) is 33.4 Å². The maximum absolute atomic E-state index is 9.28. The van der Waals surface area contributed by atoms with Crippen molar-refractivity contribution in [1.82, 2.24) is 15.5 Å². The van der Waals surface area contributed by atoms with Crippen LogP contribution < -0.4 is 10.2 Å². The van der Waals surface area contributed by atoms with E-state index < -0.39 is 0 Å². The summed E-state index contributed by atoms with van der Waals surface area (Å²) >= 11 is 0. The van der Waals surface area contributed by atoms with Crippen molar-refractivity contribution in [3.05, 3.63) is 30.0 Å². The van der Waals surface area contributed by atoms with Crippen LogP contribution in [0.1, 0.15) is 12.6 Å². The van der Waals surface area contributed by atoms with E-state index >= 15 is 0 Å². The molecule has 0 aliphatic carbocycles. The van der Waals surface area contributed by atoms with Crippen molar-refractivity contribution in [2.75, 3.05) is 24.5 Å². The van der Waals surface area contributed by atoms with E-state index in [1.54, 1.807) is 0 Å². The van der Waals surface area contributed by atoms with Gasteiger partial charge in [0, 0.05) is 31.1 Å². The Morgan fingerprint density at radius 3 is 3.00 bits per heavy atom. The average molecular weight is 253 g/mol. The standard InChI is InChI=1S/C14H15N5/c1-10-9-19(7-6-16-10)14-11-4-2-3-5-12(11)17-18-13(14)8-15/h2-5,10,16H,6-7,9H2,1H3. The second kappa shape index (κ2) is 4.82. The molecule has 0 bridgehead atoms. The minimum atomic E-state index is 0.409. The highest BCUT2D eigenvalue weighted by Gasteiger charge is 2.21. The molecule has 5 nitrogen and oxygen atoms in total. The Bertz CT molecular complexity index is 646. The molecule has 96 valence electrons. The van der Waals surface area contributed by atoms with Crippen LogP contribution >= 0.6 is 0 Å². The zero-order valence-electron chi connectivity index (χ0n) is 10.8. The Balaban J connectivity index is 2.17. The van der Waals surface area contributed by atoms with Crippen LogP contribution in [-0.4, -0.2) is 35.9 Å². The number of anilines is 1. The van der Waals surface area contributed by atoms with Gasteiger partial charge >= 0.3 is 0 Å². The summed E-state index contributed by atoms with van der Waals surface area (Å²) in [5.41, 5.74) is 2.16. The summed E-state index contributed by atoms with van der Waals surface area (Å²) in [5.74, 6) is 0. The first-order valence-corrected chi connectivity index (χ1v) is 6.43. The molecule has 1 fully saturated rings. The average Bonchev–Trinajstić information content (AvgIpc) is 2.46. The van der Waals surface area contributed by atoms with Crippen LogP contribution in [0, 0.1) is 11.3 Å². The fraction of sp³-hybridized carbons (Fsp3) is 0.357. The maximum Gasteiger partial charge on any atom is 0.187 e. The summed E-state index contributed by atoms with van der Waals surface area (Å²) in [4.78, 5) is 2.23. The maximum atomic E-state index is 9.28. The van der Waals surface area contributed by atoms with Crippen molar-refractivity contribution in [3.8, 4) is 6.07 Å². The van der Waals surface area contributed by atoms with Crippen LogP contribution in [0.3, 0.4) is 0 Å². The molecule has 1 aromatic carbocycles. The number of hydrogen-bond acceptors (Lipinski definition) is 5. The topological polar surface area (TPSA) is 64.8 Å². The molecule has 3 rings (SSSR count). The summed E-state index contributed by atoms with van der Waals surface area (Å²) in [5, 5.41) is 21.9. The van der Waals surface area contributed by atoms with Gasteiger partial charge in [-0.05, 0) is 13.0 Å². The quantitative estimate of drug-likeness (QED) is 0.830. The molecule has 1 aromatic heterocycles. The molecule has 1 atom stereocenters. The molecule has 5 heteroatoms. The van der Waals surface area contributed by atoms with Gasteiger partial charge < -0.3 is 10.2 Å². The number of aromatic nitrogens is 2. The first-order chi connectivity index (χ1) is 9.29. The Hall–Kier alpha value is -2.19. The van der Waals surface area contributed by atoms with Crippen LogP contribution in [0.5, 0.6) is 0 Å². The monoisotopic (exact) mass is 253 g/mol. The highest BCUT2D eigenvalue weighted by atomic mass is 15.2. The third kappa shape index (κ3) is 2.11. The number of nitrogens with one attached hydrogen (secondary N) is 1. The van der Waals surface area contributed by atoms with Gasteiger partial charge in [-0.25, -0.2) is 0 Å². The summed E-state index contributed by atoms with van der Waals surface area (Å²) in [6.07, 6.45) is 0. The van der Waals surface area contributed by atoms with E-state index in [0.717, 1.165) is 36.2 Å². The van der Waals surface area contributed by atoms with Crippen LogP contribution in [0.4, 0.5) is 5.69 Å². The van der Waals surface area contributed by atoms with Crippen LogP contribution in [-0.2, 0) is 0 Å². The van der Waals surface area contributed by atoms with E-state index in [1.165, 1.54) is 0 Å². The smallest absolute Gasteiger partial charge is 0.187 e. The predicted molar refractivity (Wildman–Crippen MR) is 73.9 cm³/mol. The van der Waals surface area contributed by atoms with Crippen LogP contribution in [0.2, 0.25) is 0 Å². The van der Waals surface area contributed by atoms with Crippen LogP contribution in [0.25, 0.3) is 10.9 Å². The summed E-state index contributed by atoms with van der Waals surface area (Å²) in [6, 6.07) is 10.4. The number of piperazine rings is 1. The molecule has 2 aromatic rings. The summed E-state index contributed by atoms with van der Waals surface area (Å²) in [6.45, 7) is 4.83. The van der Waals surface area contributed by atoms with Crippen molar-refractivity contribution < 1.29 is 0 Å². The van der Waals surface area contributed by atoms with Gasteiger partial charge in [-0.1, -0.05) is 18.2 Å². The second-order valence-electron chi connectivity index (χ2n) is 4.83. The summed E-state index contributed by atoms with van der Waals surface area (Å²) in [7, 11) is 0. The molecule has 19 heavy (non-hydrogen) atoms. The van der Waals surface area contributed by atoms with Gasteiger partial charge in [0.25, 0.3) is 0 Å². The van der Waals surface area contributed by atoms with E-state index in [9.17, 15) is 5.26 Å². The number of fused-ring (bicyclic) bond motifs is 1. The van der Waals surface area contributed by atoms with Crippen molar-refractivity contribution in [1.29, 1.82) is 5.26 Å². The molecule has 2 heterocycles. The lowest BCUT2D eigenvalue weighted by Crippen LogP contribution is -2.49. The fourth-order valence-corrected chi connectivity index (χ4v) is 2.57. The Labute approximate surface area is 111 Å². The molecule has 1 unspecified atom stereocenters. The zero-order chi connectivity index (χ0) is 13.2.